The summed E-state index contributed by atoms with van der Waals surface area (Å²) in [6.07, 6.45) is 0. The number of aliphatic carboxylic acids is 1. The highest BCUT2D eigenvalue weighted by Crippen LogP contribution is 2.38. The molecule has 5 nitrogen and oxygen atoms in total. The first kappa shape index (κ1) is 24.6. The topological polar surface area (TPSA) is 79.3 Å². The lowest BCUT2D eigenvalue weighted by Gasteiger charge is -2.18. The van der Waals surface area contributed by atoms with Crippen LogP contribution in [-0.4, -0.2) is 26.7 Å². The lowest BCUT2D eigenvalue weighted by atomic mass is 10.1. The summed E-state index contributed by atoms with van der Waals surface area (Å²) in [7, 11) is 0. The summed E-state index contributed by atoms with van der Waals surface area (Å²) in [5.74, 6) is -1.65. The van der Waals surface area contributed by atoms with Gasteiger partial charge in [0.25, 0.3) is 5.91 Å². The van der Waals surface area contributed by atoms with Gasteiger partial charge in [0.15, 0.2) is 0 Å². The number of thioether (sulfide) groups is 1. The van der Waals surface area contributed by atoms with Crippen LogP contribution in [0.1, 0.15) is 29.9 Å². The second-order valence-corrected chi connectivity index (χ2v) is 11.2. The predicted octanol–water partition coefficient (Wildman–Crippen LogP) is 7.13. The Hall–Kier alpha value is -3.49. The SMILES string of the molecule is Cc1ccc(-c2sc(-c3ccc(SC(C)(C)C(=O)O)cc3)nc2C(=O)Nc2ccc(F)cc2)cc1. The largest absolute Gasteiger partial charge is 0.480 e. The summed E-state index contributed by atoms with van der Waals surface area (Å²) in [6.45, 7) is 5.32. The first-order valence-corrected chi connectivity index (χ1v) is 12.4. The van der Waals surface area contributed by atoms with Crippen molar-refractivity contribution < 1.29 is 19.1 Å². The van der Waals surface area contributed by atoms with Crippen LogP contribution in [0.2, 0.25) is 0 Å². The standard InChI is InChI=1S/C27H23FN2O3S2/c1-16-4-6-17(7-5-16)23-22(24(31)29-20-12-10-19(28)11-13-20)30-25(34-23)18-8-14-21(15-9-18)35-27(2,3)26(32)33/h4-15H,1-3H3,(H,29,31)(H,32,33). The number of hydrogen-bond donors (Lipinski definition) is 2. The van der Waals surface area contributed by atoms with Crippen molar-refractivity contribution in [2.75, 3.05) is 5.32 Å². The average Bonchev–Trinajstić information content (AvgIpc) is 3.27. The maximum absolute atomic E-state index is 13.3. The highest BCUT2D eigenvalue weighted by molar-refractivity contribution is 8.01. The number of carboxylic acid groups (broad SMARTS) is 1. The summed E-state index contributed by atoms with van der Waals surface area (Å²) in [5.41, 5.74) is 3.56. The molecular formula is C27H23FN2O3S2. The smallest absolute Gasteiger partial charge is 0.319 e. The molecule has 4 aromatic rings. The maximum Gasteiger partial charge on any atom is 0.319 e. The zero-order chi connectivity index (χ0) is 25.2. The summed E-state index contributed by atoms with van der Waals surface area (Å²) in [6, 6.07) is 20.9. The Bertz CT molecular complexity index is 1360. The van der Waals surface area contributed by atoms with Crippen LogP contribution < -0.4 is 5.32 Å². The second-order valence-electron chi connectivity index (χ2n) is 8.47. The monoisotopic (exact) mass is 506 g/mol. The van der Waals surface area contributed by atoms with E-state index in [1.807, 2.05) is 55.5 Å². The van der Waals surface area contributed by atoms with E-state index in [0.29, 0.717) is 10.7 Å². The fraction of sp³-hybridized carbons (Fsp3) is 0.148. The van der Waals surface area contributed by atoms with E-state index in [4.69, 9.17) is 0 Å². The van der Waals surface area contributed by atoms with Gasteiger partial charge < -0.3 is 10.4 Å². The first-order chi connectivity index (χ1) is 16.6. The number of aromatic nitrogens is 1. The molecular weight excluding hydrogens is 483 g/mol. The molecule has 178 valence electrons. The molecule has 0 unspecified atom stereocenters. The summed E-state index contributed by atoms with van der Waals surface area (Å²) >= 11 is 2.67. The molecule has 0 saturated heterocycles. The van der Waals surface area contributed by atoms with Crippen LogP contribution in [-0.2, 0) is 4.79 Å². The van der Waals surface area contributed by atoms with Gasteiger partial charge in [-0.15, -0.1) is 23.1 Å². The Labute approximate surface area is 211 Å². The number of rotatable bonds is 7. The third-order valence-corrected chi connectivity index (χ3v) is 7.59. The van der Waals surface area contributed by atoms with Gasteiger partial charge in [0.2, 0.25) is 0 Å². The Morgan fingerprint density at radius 2 is 1.54 bits per heavy atom. The molecule has 0 saturated carbocycles. The van der Waals surface area contributed by atoms with Crippen LogP contribution >= 0.6 is 23.1 Å². The van der Waals surface area contributed by atoms with Gasteiger partial charge in [-0.1, -0.05) is 42.0 Å². The van der Waals surface area contributed by atoms with E-state index in [1.165, 1.54) is 47.4 Å². The van der Waals surface area contributed by atoms with Crippen molar-refractivity contribution in [2.24, 2.45) is 0 Å². The molecule has 0 aliphatic carbocycles. The number of carboxylic acids is 1. The molecule has 3 aromatic carbocycles. The molecule has 0 aliphatic rings. The Morgan fingerprint density at radius 1 is 0.943 bits per heavy atom. The highest BCUT2D eigenvalue weighted by atomic mass is 32.2. The molecule has 4 rings (SSSR count). The van der Waals surface area contributed by atoms with Crippen molar-refractivity contribution in [2.45, 2.75) is 30.4 Å². The zero-order valence-electron chi connectivity index (χ0n) is 19.3. The number of hydrogen-bond acceptors (Lipinski definition) is 5. The lowest BCUT2D eigenvalue weighted by molar-refractivity contribution is -0.138. The van der Waals surface area contributed by atoms with E-state index in [9.17, 15) is 19.1 Å². The molecule has 1 heterocycles. The fourth-order valence-electron chi connectivity index (χ4n) is 3.23. The number of thiazole rings is 1. The fourth-order valence-corrected chi connectivity index (χ4v) is 5.25. The zero-order valence-corrected chi connectivity index (χ0v) is 21.0. The van der Waals surface area contributed by atoms with E-state index in [-0.39, 0.29) is 17.4 Å². The van der Waals surface area contributed by atoms with Gasteiger partial charge in [0.1, 0.15) is 21.3 Å². The number of halogens is 1. The van der Waals surface area contributed by atoms with Crippen molar-refractivity contribution in [1.82, 2.24) is 4.98 Å². The maximum atomic E-state index is 13.3. The molecule has 35 heavy (non-hydrogen) atoms. The second kappa shape index (κ2) is 10.0. The average molecular weight is 507 g/mol. The normalized spacial score (nSPS) is 11.3. The molecule has 0 radical (unpaired) electrons. The Morgan fingerprint density at radius 3 is 2.14 bits per heavy atom. The first-order valence-electron chi connectivity index (χ1n) is 10.8. The van der Waals surface area contributed by atoms with Crippen LogP contribution in [0.3, 0.4) is 0 Å². The van der Waals surface area contributed by atoms with E-state index >= 15 is 0 Å². The number of carbonyl (C=O) groups is 2. The van der Waals surface area contributed by atoms with Gasteiger partial charge >= 0.3 is 5.97 Å². The van der Waals surface area contributed by atoms with Gasteiger partial charge in [0, 0.05) is 16.1 Å². The Kier molecular flexibility index (Phi) is 7.05. The van der Waals surface area contributed by atoms with Gasteiger partial charge in [-0.05, 0) is 62.7 Å². The molecule has 0 atom stereocenters. The minimum absolute atomic E-state index is 0.281. The summed E-state index contributed by atoms with van der Waals surface area (Å²) in [4.78, 5) is 30.8. The van der Waals surface area contributed by atoms with Crippen molar-refractivity contribution >= 4 is 40.7 Å². The van der Waals surface area contributed by atoms with Crippen molar-refractivity contribution in [3.63, 3.8) is 0 Å². The van der Waals surface area contributed by atoms with E-state index in [2.05, 4.69) is 10.3 Å². The summed E-state index contributed by atoms with van der Waals surface area (Å²) in [5, 5.41) is 12.8. The molecule has 0 fully saturated rings. The van der Waals surface area contributed by atoms with Crippen LogP contribution in [0, 0.1) is 12.7 Å². The van der Waals surface area contributed by atoms with E-state index in [1.54, 1.807) is 13.8 Å². The number of benzene rings is 3. The molecule has 0 spiro atoms. The number of nitrogens with one attached hydrogen (secondary N) is 1. The lowest BCUT2D eigenvalue weighted by Crippen LogP contribution is -2.26. The minimum Gasteiger partial charge on any atom is -0.480 e. The molecule has 0 bridgehead atoms. The highest BCUT2D eigenvalue weighted by Gasteiger charge is 2.28. The van der Waals surface area contributed by atoms with Gasteiger partial charge in [-0.2, -0.15) is 0 Å². The predicted molar refractivity (Wildman–Crippen MR) is 140 cm³/mol. The molecule has 1 amide bonds. The Balaban J connectivity index is 1.68. The van der Waals surface area contributed by atoms with Crippen molar-refractivity contribution in [3.05, 3.63) is 89.9 Å². The molecule has 2 N–H and O–H groups in total. The van der Waals surface area contributed by atoms with Crippen LogP contribution in [0.4, 0.5) is 10.1 Å². The number of amides is 1. The van der Waals surface area contributed by atoms with Gasteiger partial charge in [-0.3, -0.25) is 9.59 Å². The number of carbonyl (C=O) groups excluding carboxylic acids is 1. The van der Waals surface area contributed by atoms with E-state index < -0.39 is 10.7 Å². The molecule has 8 heteroatoms. The summed E-state index contributed by atoms with van der Waals surface area (Å²) < 4.78 is 12.3. The van der Waals surface area contributed by atoms with E-state index in [0.717, 1.165) is 26.5 Å². The van der Waals surface area contributed by atoms with Crippen LogP contribution in [0.5, 0.6) is 0 Å². The van der Waals surface area contributed by atoms with Gasteiger partial charge in [0.05, 0.1) is 4.88 Å². The molecule has 1 aromatic heterocycles. The van der Waals surface area contributed by atoms with Crippen LogP contribution in [0.15, 0.2) is 77.7 Å². The van der Waals surface area contributed by atoms with Crippen molar-refractivity contribution in [1.29, 1.82) is 0 Å². The molecule has 0 aliphatic heterocycles. The third kappa shape index (κ3) is 5.78. The van der Waals surface area contributed by atoms with Gasteiger partial charge in [-0.25, -0.2) is 9.37 Å². The number of nitrogens with zero attached hydrogens (tertiary/aromatic N) is 1. The minimum atomic E-state index is -0.951. The third-order valence-electron chi connectivity index (χ3n) is 5.25. The van der Waals surface area contributed by atoms with Crippen molar-refractivity contribution in [3.8, 4) is 21.0 Å². The van der Waals surface area contributed by atoms with Crippen LogP contribution in [0.25, 0.3) is 21.0 Å². The number of aryl methyl sites for hydroxylation is 1. The number of anilines is 1. The quantitative estimate of drug-likeness (QED) is 0.261.